The molecule has 0 aliphatic carbocycles. The van der Waals surface area contributed by atoms with Crippen LogP contribution in [-0.4, -0.2) is 16.1 Å². The number of carboxylic acid groups (broad SMARTS) is 1. The van der Waals surface area contributed by atoms with Gasteiger partial charge in [0.15, 0.2) is 0 Å². The van der Waals surface area contributed by atoms with Gasteiger partial charge in [0, 0.05) is 6.07 Å². The molecule has 110 valence electrons. The Morgan fingerprint density at radius 3 is 2.52 bits per heavy atom. The molecule has 0 atom stereocenters. The summed E-state index contributed by atoms with van der Waals surface area (Å²) in [7, 11) is 0. The summed E-state index contributed by atoms with van der Waals surface area (Å²) in [5, 5.41) is 8.89. The molecule has 0 fully saturated rings. The lowest BCUT2D eigenvalue weighted by Gasteiger charge is -2.10. The lowest BCUT2D eigenvalue weighted by atomic mass is 10.1. The summed E-state index contributed by atoms with van der Waals surface area (Å²) in [6, 6.07) is 7.41. The molecule has 21 heavy (non-hydrogen) atoms. The number of rotatable bonds is 3. The smallest absolute Gasteiger partial charge is 0.433 e. The molecule has 0 radical (unpaired) electrons. The van der Waals surface area contributed by atoms with Crippen LogP contribution in [0.15, 0.2) is 36.4 Å². The van der Waals surface area contributed by atoms with E-state index in [-0.39, 0.29) is 17.2 Å². The van der Waals surface area contributed by atoms with Gasteiger partial charge in [-0.25, -0.2) is 9.78 Å². The quantitative estimate of drug-likeness (QED) is 0.933. The molecule has 2 aromatic rings. The number of carboxylic acids is 1. The van der Waals surface area contributed by atoms with Crippen molar-refractivity contribution >= 4 is 5.97 Å². The minimum Gasteiger partial charge on any atom is -0.478 e. The van der Waals surface area contributed by atoms with E-state index in [9.17, 15) is 18.0 Å². The molecule has 1 N–H and O–H groups in total. The molecule has 0 aliphatic heterocycles. The second-order valence-corrected chi connectivity index (χ2v) is 4.24. The summed E-state index contributed by atoms with van der Waals surface area (Å²) in [6.45, 7) is 1.57. The Kier molecular flexibility index (Phi) is 3.84. The molecule has 0 bridgehead atoms. The second-order valence-electron chi connectivity index (χ2n) is 4.24. The lowest BCUT2D eigenvalue weighted by molar-refractivity contribution is -0.141. The molecule has 2 rings (SSSR count). The van der Waals surface area contributed by atoms with Crippen molar-refractivity contribution in [3.63, 3.8) is 0 Å². The summed E-state index contributed by atoms with van der Waals surface area (Å²) in [5.74, 6) is -1.09. The van der Waals surface area contributed by atoms with Crippen molar-refractivity contribution in [3.05, 3.63) is 53.2 Å². The molecule has 7 heteroatoms. The molecular weight excluding hydrogens is 287 g/mol. The van der Waals surface area contributed by atoms with Crippen molar-refractivity contribution in [2.45, 2.75) is 13.1 Å². The van der Waals surface area contributed by atoms with Gasteiger partial charge in [0.2, 0.25) is 5.88 Å². The van der Waals surface area contributed by atoms with Gasteiger partial charge in [-0.05, 0) is 36.8 Å². The van der Waals surface area contributed by atoms with E-state index in [0.29, 0.717) is 5.56 Å². The van der Waals surface area contributed by atoms with Gasteiger partial charge in [0.1, 0.15) is 11.4 Å². The fourth-order valence-corrected chi connectivity index (χ4v) is 1.69. The first-order chi connectivity index (χ1) is 9.77. The van der Waals surface area contributed by atoms with Gasteiger partial charge < -0.3 is 9.84 Å². The first-order valence-electron chi connectivity index (χ1n) is 5.83. The van der Waals surface area contributed by atoms with Gasteiger partial charge in [-0.1, -0.05) is 6.07 Å². The number of halogens is 3. The van der Waals surface area contributed by atoms with Crippen molar-refractivity contribution in [3.8, 4) is 11.6 Å². The van der Waals surface area contributed by atoms with E-state index in [4.69, 9.17) is 9.84 Å². The van der Waals surface area contributed by atoms with Gasteiger partial charge in [-0.15, -0.1) is 0 Å². The molecule has 0 amide bonds. The first-order valence-corrected chi connectivity index (χ1v) is 5.83. The van der Waals surface area contributed by atoms with Crippen LogP contribution in [-0.2, 0) is 6.18 Å². The Morgan fingerprint density at radius 1 is 1.24 bits per heavy atom. The van der Waals surface area contributed by atoms with Gasteiger partial charge in [-0.3, -0.25) is 0 Å². The highest BCUT2D eigenvalue weighted by molar-refractivity contribution is 5.89. The Bertz CT molecular complexity index is 683. The summed E-state index contributed by atoms with van der Waals surface area (Å²) < 4.78 is 42.8. The number of alkyl halides is 3. The Labute approximate surface area is 117 Å². The standard InChI is InChI=1S/C14H10F3NO3/c1-8-7-9(5-6-10(8)13(19)20)21-12-4-2-3-11(18-12)14(15,16)17/h2-7H,1H3,(H,19,20). The molecule has 0 spiro atoms. The van der Waals surface area contributed by atoms with Crippen LogP contribution in [0.25, 0.3) is 0 Å². The van der Waals surface area contributed by atoms with Crippen molar-refractivity contribution in [1.29, 1.82) is 0 Å². The fourth-order valence-electron chi connectivity index (χ4n) is 1.69. The van der Waals surface area contributed by atoms with Gasteiger partial charge >= 0.3 is 12.1 Å². The van der Waals surface area contributed by atoms with Gasteiger partial charge in [0.25, 0.3) is 0 Å². The van der Waals surface area contributed by atoms with E-state index >= 15 is 0 Å². The number of ether oxygens (including phenoxy) is 1. The van der Waals surface area contributed by atoms with Crippen LogP contribution in [0.4, 0.5) is 13.2 Å². The monoisotopic (exact) mass is 297 g/mol. The summed E-state index contributed by atoms with van der Waals surface area (Å²) in [5.41, 5.74) is -0.523. The molecule has 1 aromatic heterocycles. The Morgan fingerprint density at radius 2 is 1.95 bits per heavy atom. The maximum absolute atomic E-state index is 12.5. The number of hydrogen-bond acceptors (Lipinski definition) is 3. The predicted molar refractivity (Wildman–Crippen MR) is 67.5 cm³/mol. The van der Waals surface area contributed by atoms with E-state index in [1.807, 2.05) is 0 Å². The zero-order valence-corrected chi connectivity index (χ0v) is 10.8. The molecule has 0 aliphatic rings. The fraction of sp³-hybridized carbons (Fsp3) is 0.143. The lowest BCUT2D eigenvalue weighted by Crippen LogP contribution is -2.08. The molecule has 0 saturated heterocycles. The van der Waals surface area contributed by atoms with E-state index in [2.05, 4.69) is 4.98 Å². The third-order valence-corrected chi connectivity index (χ3v) is 2.66. The normalized spacial score (nSPS) is 11.2. The zero-order valence-electron chi connectivity index (χ0n) is 10.8. The van der Waals surface area contributed by atoms with Crippen molar-refractivity contribution in [1.82, 2.24) is 4.98 Å². The van der Waals surface area contributed by atoms with Crippen LogP contribution in [0.5, 0.6) is 11.6 Å². The first kappa shape index (κ1) is 14.8. The van der Waals surface area contributed by atoms with Crippen LogP contribution < -0.4 is 4.74 Å². The summed E-state index contributed by atoms with van der Waals surface area (Å²) in [6.07, 6.45) is -4.55. The van der Waals surface area contributed by atoms with Crippen molar-refractivity contribution < 1.29 is 27.8 Å². The van der Waals surface area contributed by atoms with E-state index in [1.54, 1.807) is 6.92 Å². The average Bonchev–Trinajstić information content (AvgIpc) is 2.37. The van der Waals surface area contributed by atoms with Gasteiger partial charge in [0.05, 0.1) is 5.56 Å². The average molecular weight is 297 g/mol. The number of aromatic nitrogens is 1. The maximum Gasteiger partial charge on any atom is 0.433 e. The minimum atomic E-state index is -4.55. The van der Waals surface area contributed by atoms with Crippen molar-refractivity contribution in [2.75, 3.05) is 0 Å². The Balaban J connectivity index is 2.27. The number of carbonyl (C=O) groups is 1. The molecule has 4 nitrogen and oxygen atoms in total. The molecule has 1 aromatic carbocycles. The molecule has 0 saturated carbocycles. The SMILES string of the molecule is Cc1cc(Oc2cccc(C(F)(F)F)n2)ccc1C(=O)O. The highest BCUT2D eigenvalue weighted by Gasteiger charge is 2.32. The summed E-state index contributed by atoms with van der Waals surface area (Å²) >= 11 is 0. The van der Waals surface area contributed by atoms with E-state index in [0.717, 1.165) is 6.07 Å². The van der Waals surface area contributed by atoms with Gasteiger partial charge in [-0.2, -0.15) is 13.2 Å². The number of benzene rings is 1. The number of pyridine rings is 1. The Hall–Kier alpha value is -2.57. The topological polar surface area (TPSA) is 59.4 Å². The second kappa shape index (κ2) is 5.43. The van der Waals surface area contributed by atoms with Crippen LogP contribution in [0.3, 0.4) is 0 Å². The largest absolute Gasteiger partial charge is 0.478 e. The minimum absolute atomic E-state index is 0.0966. The van der Waals surface area contributed by atoms with E-state index < -0.39 is 17.8 Å². The van der Waals surface area contributed by atoms with Crippen LogP contribution in [0, 0.1) is 6.92 Å². The van der Waals surface area contributed by atoms with Crippen LogP contribution >= 0.6 is 0 Å². The highest BCUT2D eigenvalue weighted by Crippen LogP contribution is 2.30. The van der Waals surface area contributed by atoms with Crippen LogP contribution in [0.2, 0.25) is 0 Å². The number of hydrogen-bond donors (Lipinski definition) is 1. The third kappa shape index (κ3) is 3.50. The predicted octanol–water partition coefficient (Wildman–Crippen LogP) is 3.90. The number of aryl methyl sites for hydroxylation is 1. The number of aromatic carboxylic acids is 1. The van der Waals surface area contributed by atoms with Crippen LogP contribution in [0.1, 0.15) is 21.6 Å². The molecule has 1 heterocycles. The summed E-state index contributed by atoms with van der Waals surface area (Å²) in [4.78, 5) is 14.2. The van der Waals surface area contributed by atoms with E-state index in [1.165, 1.54) is 30.3 Å². The number of nitrogens with zero attached hydrogens (tertiary/aromatic N) is 1. The zero-order chi connectivity index (χ0) is 15.6. The highest BCUT2D eigenvalue weighted by atomic mass is 19.4. The maximum atomic E-state index is 12.5. The molecular formula is C14H10F3NO3. The third-order valence-electron chi connectivity index (χ3n) is 2.66. The molecule has 0 unspecified atom stereocenters. The van der Waals surface area contributed by atoms with Crippen molar-refractivity contribution in [2.24, 2.45) is 0 Å².